The number of carbonyl (C=O) groups excluding carboxylic acids is 2. The number of hydrogen-bond acceptors (Lipinski definition) is 4. The molecule has 0 atom stereocenters. The topological polar surface area (TPSA) is 86.8 Å². The average molecular weight is 316 g/mol. The molecular formula is C16H20N4O3. The molecule has 23 heavy (non-hydrogen) atoms. The molecule has 7 heteroatoms. The van der Waals surface area contributed by atoms with Crippen LogP contribution in [0.4, 0.5) is 0 Å². The van der Waals surface area contributed by atoms with Crippen molar-refractivity contribution < 1.29 is 14.4 Å². The second-order valence-electron chi connectivity index (χ2n) is 6.63. The Bertz CT molecular complexity index is 640. The number of carbonyl (C=O) groups is 2. The first-order valence-corrected chi connectivity index (χ1v) is 8.13. The molecule has 0 unspecified atom stereocenters. The van der Waals surface area contributed by atoms with Crippen LogP contribution in [0.1, 0.15) is 42.5 Å². The van der Waals surface area contributed by atoms with E-state index < -0.39 is 5.60 Å². The molecule has 3 aliphatic rings. The minimum atomic E-state index is -0.412. The van der Waals surface area contributed by atoms with E-state index in [2.05, 4.69) is 15.5 Å². The number of aromatic amines is 1. The van der Waals surface area contributed by atoms with Gasteiger partial charge in [0.25, 0.3) is 11.8 Å². The fraction of sp³-hybridized carbons (Fsp3) is 0.562. The molecule has 1 aromatic heterocycles. The van der Waals surface area contributed by atoms with E-state index >= 15 is 0 Å². The fourth-order valence-electron chi connectivity index (χ4n) is 3.16. The minimum absolute atomic E-state index is 0.0340. The van der Waals surface area contributed by atoms with Crippen LogP contribution in [0.3, 0.4) is 0 Å². The van der Waals surface area contributed by atoms with Crippen molar-refractivity contribution in [2.24, 2.45) is 5.16 Å². The minimum Gasteiger partial charge on any atom is -0.388 e. The molecule has 1 aromatic rings. The van der Waals surface area contributed by atoms with Crippen LogP contribution in [0.5, 0.6) is 0 Å². The normalized spacial score (nSPS) is 22.6. The number of aromatic nitrogens is 1. The molecule has 1 saturated carbocycles. The molecule has 2 N–H and O–H groups in total. The summed E-state index contributed by atoms with van der Waals surface area (Å²) in [7, 11) is 0. The van der Waals surface area contributed by atoms with Gasteiger partial charge in [-0.2, -0.15) is 0 Å². The van der Waals surface area contributed by atoms with Gasteiger partial charge in [0.05, 0.1) is 5.56 Å². The summed E-state index contributed by atoms with van der Waals surface area (Å²) in [5.41, 5.74) is 0.752. The molecule has 1 saturated heterocycles. The highest BCUT2D eigenvalue weighted by molar-refractivity contribution is 6.39. The van der Waals surface area contributed by atoms with Crippen LogP contribution in [-0.2, 0) is 9.63 Å². The van der Waals surface area contributed by atoms with Crippen LogP contribution in [0.15, 0.2) is 23.6 Å². The quantitative estimate of drug-likeness (QED) is 0.873. The lowest BCUT2D eigenvalue weighted by Gasteiger charge is -2.37. The molecule has 122 valence electrons. The molecule has 2 fully saturated rings. The third-order valence-electron chi connectivity index (χ3n) is 4.82. The largest absolute Gasteiger partial charge is 0.388 e. The summed E-state index contributed by atoms with van der Waals surface area (Å²) in [6.45, 7) is 1.24. The number of nitrogens with zero attached hydrogens (tertiary/aromatic N) is 2. The monoisotopic (exact) mass is 316 g/mol. The van der Waals surface area contributed by atoms with E-state index in [1.807, 2.05) is 4.90 Å². The Morgan fingerprint density at radius 1 is 1.35 bits per heavy atom. The number of nitrogens with one attached hydrogen (secondary N) is 2. The standard InChI is InChI=1S/C16H20N4O3/c21-14(18-12-1-2-12)13-9-16(23-19-13)4-7-20(8-5-16)15(22)11-3-6-17-10-11/h3,6,10,12,17H,1-2,4-5,7-9H2,(H,18,21). The van der Waals surface area contributed by atoms with Crippen molar-refractivity contribution in [3.05, 3.63) is 24.0 Å². The van der Waals surface area contributed by atoms with Gasteiger partial charge < -0.3 is 20.0 Å². The molecular weight excluding hydrogens is 296 g/mol. The Morgan fingerprint density at radius 3 is 2.78 bits per heavy atom. The zero-order valence-electron chi connectivity index (χ0n) is 12.9. The first kappa shape index (κ1) is 14.3. The lowest BCUT2D eigenvalue weighted by atomic mass is 9.86. The van der Waals surface area contributed by atoms with Gasteiger partial charge in [0, 0.05) is 50.8 Å². The van der Waals surface area contributed by atoms with E-state index in [0.29, 0.717) is 49.7 Å². The third-order valence-corrected chi connectivity index (χ3v) is 4.82. The molecule has 1 spiro atoms. The van der Waals surface area contributed by atoms with Gasteiger partial charge in [-0.1, -0.05) is 5.16 Å². The maximum Gasteiger partial charge on any atom is 0.269 e. The van der Waals surface area contributed by atoms with Crippen LogP contribution in [0, 0.1) is 0 Å². The van der Waals surface area contributed by atoms with Crippen molar-refractivity contribution in [2.45, 2.75) is 43.7 Å². The Balaban J connectivity index is 1.33. The Kier molecular flexibility index (Phi) is 3.36. The van der Waals surface area contributed by atoms with Crippen molar-refractivity contribution in [3.63, 3.8) is 0 Å². The average Bonchev–Trinajstić information content (AvgIpc) is 3.05. The lowest BCUT2D eigenvalue weighted by Crippen LogP contribution is -2.47. The number of H-pyrrole nitrogens is 1. The van der Waals surface area contributed by atoms with Gasteiger partial charge in [-0.05, 0) is 18.9 Å². The number of oxime groups is 1. The summed E-state index contributed by atoms with van der Waals surface area (Å²) in [5, 5.41) is 6.95. The van der Waals surface area contributed by atoms with Crippen molar-refractivity contribution in [2.75, 3.05) is 13.1 Å². The summed E-state index contributed by atoms with van der Waals surface area (Å²) >= 11 is 0. The summed E-state index contributed by atoms with van der Waals surface area (Å²) in [6, 6.07) is 2.10. The van der Waals surface area contributed by atoms with Crippen molar-refractivity contribution in [1.82, 2.24) is 15.2 Å². The zero-order valence-corrected chi connectivity index (χ0v) is 12.9. The predicted molar refractivity (Wildman–Crippen MR) is 83.0 cm³/mol. The van der Waals surface area contributed by atoms with Crippen LogP contribution in [-0.4, -0.2) is 52.1 Å². The van der Waals surface area contributed by atoms with Crippen molar-refractivity contribution in [1.29, 1.82) is 0 Å². The van der Waals surface area contributed by atoms with Crippen molar-refractivity contribution in [3.8, 4) is 0 Å². The number of rotatable bonds is 3. The van der Waals surface area contributed by atoms with Crippen LogP contribution < -0.4 is 5.32 Å². The molecule has 2 amide bonds. The molecule has 0 bridgehead atoms. The SMILES string of the molecule is O=C(NC1CC1)C1=NOC2(CCN(C(=O)c3cc[nH]c3)CC2)C1. The molecule has 4 rings (SSSR count). The van der Waals surface area contributed by atoms with Gasteiger partial charge >= 0.3 is 0 Å². The highest BCUT2D eigenvalue weighted by Gasteiger charge is 2.45. The Labute approximate surface area is 134 Å². The van der Waals surface area contributed by atoms with Gasteiger partial charge in [0.2, 0.25) is 0 Å². The van der Waals surface area contributed by atoms with Gasteiger partial charge in [0.1, 0.15) is 11.3 Å². The van der Waals surface area contributed by atoms with E-state index in [4.69, 9.17) is 4.84 Å². The highest BCUT2D eigenvalue weighted by Crippen LogP contribution is 2.35. The van der Waals surface area contributed by atoms with E-state index in [9.17, 15) is 9.59 Å². The van der Waals surface area contributed by atoms with Gasteiger partial charge in [-0.3, -0.25) is 9.59 Å². The molecule has 7 nitrogen and oxygen atoms in total. The number of likely N-dealkylation sites (tertiary alicyclic amines) is 1. The van der Waals surface area contributed by atoms with Crippen LogP contribution >= 0.6 is 0 Å². The van der Waals surface area contributed by atoms with Gasteiger partial charge in [-0.25, -0.2) is 0 Å². The first-order chi connectivity index (χ1) is 11.2. The molecule has 3 heterocycles. The highest BCUT2D eigenvalue weighted by atomic mass is 16.7. The van der Waals surface area contributed by atoms with Crippen LogP contribution in [0.25, 0.3) is 0 Å². The summed E-state index contributed by atoms with van der Waals surface area (Å²) < 4.78 is 0. The Hall–Kier alpha value is -2.31. The van der Waals surface area contributed by atoms with E-state index in [1.165, 1.54) is 0 Å². The molecule has 1 aliphatic carbocycles. The van der Waals surface area contributed by atoms with E-state index in [1.54, 1.807) is 18.5 Å². The van der Waals surface area contributed by atoms with Gasteiger partial charge in [-0.15, -0.1) is 0 Å². The Morgan fingerprint density at radius 2 is 2.13 bits per heavy atom. The molecule has 0 aromatic carbocycles. The maximum absolute atomic E-state index is 12.3. The predicted octanol–water partition coefficient (Wildman–Crippen LogP) is 1.04. The molecule has 2 aliphatic heterocycles. The summed E-state index contributed by atoms with van der Waals surface area (Å²) in [6.07, 6.45) is 7.51. The van der Waals surface area contributed by atoms with E-state index in [0.717, 1.165) is 12.8 Å². The second kappa shape index (κ2) is 5.40. The van der Waals surface area contributed by atoms with E-state index in [-0.39, 0.29) is 11.8 Å². The van der Waals surface area contributed by atoms with Crippen LogP contribution in [0.2, 0.25) is 0 Å². The number of hydrogen-bond donors (Lipinski definition) is 2. The second-order valence-corrected chi connectivity index (χ2v) is 6.63. The number of amides is 2. The lowest BCUT2D eigenvalue weighted by molar-refractivity contribution is -0.115. The fourth-order valence-corrected chi connectivity index (χ4v) is 3.16. The maximum atomic E-state index is 12.3. The zero-order chi connectivity index (χ0) is 15.9. The smallest absolute Gasteiger partial charge is 0.269 e. The number of piperidine rings is 1. The summed E-state index contributed by atoms with van der Waals surface area (Å²) in [5.74, 6) is -0.0677. The van der Waals surface area contributed by atoms with Crippen molar-refractivity contribution >= 4 is 17.5 Å². The summed E-state index contributed by atoms with van der Waals surface area (Å²) in [4.78, 5) is 34.8. The third kappa shape index (κ3) is 2.83. The van der Waals surface area contributed by atoms with Gasteiger partial charge in [0.15, 0.2) is 0 Å². The molecule has 0 radical (unpaired) electrons. The first-order valence-electron chi connectivity index (χ1n) is 8.13.